The number of esters is 1. The minimum atomic E-state index is -3.72. The number of carbonyl (C=O) groups excluding carboxylic acids is 2. The monoisotopic (exact) mass is 638 g/mol. The molecule has 3 aromatic rings. The van der Waals surface area contributed by atoms with E-state index in [2.05, 4.69) is 18.7 Å². The van der Waals surface area contributed by atoms with Crippen molar-refractivity contribution < 1.29 is 27.5 Å². The van der Waals surface area contributed by atoms with Gasteiger partial charge in [-0.2, -0.15) is 0 Å². The highest BCUT2D eigenvalue weighted by Gasteiger charge is 2.42. The summed E-state index contributed by atoms with van der Waals surface area (Å²) in [7, 11) is -0.920. The molecule has 1 aliphatic rings. The molecule has 0 fully saturated rings. The number of amides is 1. The van der Waals surface area contributed by atoms with Crippen molar-refractivity contribution in [1.82, 2.24) is 4.90 Å². The molecule has 4 rings (SSSR count). The van der Waals surface area contributed by atoms with E-state index in [4.69, 9.17) is 9.47 Å². The number of hydrogen-bond acceptors (Lipinski definition) is 8. The number of fused-ring (bicyclic) bond motifs is 1. The van der Waals surface area contributed by atoms with Crippen molar-refractivity contribution >= 4 is 44.9 Å². The molecule has 1 aliphatic heterocycles. The van der Waals surface area contributed by atoms with Crippen molar-refractivity contribution in [2.45, 2.75) is 55.4 Å². The van der Waals surface area contributed by atoms with Crippen LogP contribution in [0.2, 0.25) is 0 Å². The van der Waals surface area contributed by atoms with E-state index in [-0.39, 0.29) is 17.3 Å². The lowest BCUT2D eigenvalue weighted by atomic mass is 9.81. The Morgan fingerprint density at radius 3 is 2.30 bits per heavy atom. The third-order valence-corrected chi connectivity index (χ3v) is 11.2. The second-order valence-corrected chi connectivity index (χ2v) is 14.0. The number of ether oxygens (including phenoxy) is 2. The molecule has 1 heterocycles. The molecule has 0 saturated carbocycles. The smallest absolute Gasteiger partial charge is 0.333 e. The molecule has 44 heavy (non-hydrogen) atoms. The average Bonchev–Trinajstić information content (AvgIpc) is 3.14. The molecule has 236 valence electrons. The van der Waals surface area contributed by atoms with Crippen molar-refractivity contribution in [3.05, 3.63) is 78.4 Å². The highest BCUT2D eigenvalue weighted by Crippen LogP contribution is 2.47. The molecule has 8 nitrogen and oxygen atoms in total. The molecule has 0 saturated heterocycles. The number of nitrogens with zero attached hydrogens (tertiary/aromatic N) is 2. The molecule has 0 spiro atoms. The van der Waals surface area contributed by atoms with E-state index < -0.39 is 33.2 Å². The minimum absolute atomic E-state index is 0.0322. The van der Waals surface area contributed by atoms with Crippen LogP contribution in [0.5, 0.6) is 5.75 Å². The lowest BCUT2D eigenvalue weighted by molar-refractivity contribution is -0.152. The number of sulfone groups is 1. The summed E-state index contributed by atoms with van der Waals surface area (Å²) in [4.78, 5) is 30.3. The lowest BCUT2D eigenvalue weighted by Crippen LogP contribution is -2.39. The molecule has 0 radical (unpaired) electrons. The first-order chi connectivity index (χ1) is 21.1. The largest absolute Gasteiger partial charge is 0.483 e. The van der Waals surface area contributed by atoms with Crippen molar-refractivity contribution in [2.24, 2.45) is 5.41 Å². The number of carbonyl (C=O) groups is 2. The second-order valence-electron chi connectivity index (χ2n) is 11.2. The van der Waals surface area contributed by atoms with Crippen LogP contribution in [-0.4, -0.2) is 64.5 Å². The van der Waals surface area contributed by atoms with Gasteiger partial charge >= 0.3 is 5.97 Å². The Balaban J connectivity index is 1.72. The van der Waals surface area contributed by atoms with Crippen molar-refractivity contribution in [1.29, 1.82) is 0 Å². The predicted octanol–water partition coefficient (Wildman–Crippen LogP) is 6.67. The highest BCUT2D eigenvalue weighted by atomic mass is 32.2. The van der Waals surface area contributed by atoms with Crippen molar-refractivity contribution in [3.8, 4) is 5.75 Å². The minimum Gasteiger partial charge on any atom is -0.483 e. The lowest BCUT2D eigenvalue weighted by Gasteiger charge is -2.36. The van der Waals surface area contributed by atoms with Gasteiger partial charge < -0.3 is 19.3 Å². The highest BCUT2D eigenvalue weighted by molar-refractivity contribution is 7.98. The maximum absolute atomic E-state index is 14.1. The van der Waals surface area contributed by atoms with Gasteiger partial charge in [0.1, 0.15) is 5.75 Å². The average molecular weight is 639 g/mol. The number of methoxy groups -OCH3 is 1. The Morgan fingerprint density at radius 1 is 1.05 bits per heavy atom. The zero-order valence-electron chi connectivity index (χ0n) is 26.1. The van der Waals surface area contributed by atoms with Gasteiger partial charge in [-0.15, -0.1) is 11.8 Å². The SMILES string of the molecule is CCCCC1(CC)CN(c2ccccc2)c2cc(SC)c(OCC(=O)N(C)[C@H](C(=O)OC)c3ccccc3)cc2S(=O)(=O)C1. The van der Waals surface area contributed by atoms with Crippen LogP contribution in [0.4, 0.5) is 11.4 Å². The van der Waals surface area contributed by atoms with Crippen molar-refractivity contribution in [2.75, 3.05) is 44.2 Å². The number of para-hydroxylation sites is 1. The summed E-state index contributed by atoms with van der Waals surface area (Å²) < 4.78 is 39.3. The summed E-state index contributed by atoms with van der Waals surface area (Å²) in [5.41, 5.74) is 1.72. The van der Waals surface area contributed by atoms with Crippen LogP contribution in [0.15, 0.2) is 82.6 Å². The van der Waals surface area contributed by atoms with Crippen LogP contribution >= 0.6 is 11.8 Å². The predicted molar refractivity (Wildman–Crippen MR) is 175 cm³/mol. The summed E-state index contributed by atoms with van der Waals surface area (Å²) in [5, 5.41) is 0. The van der Waals surface area contributed by atoms with E-state index in [1.807, 2.05) is 48.7 Å². The second kappa shape index (κ2) is 14.5. The molecule has 0 aliphatic carbocycles. The Kier molecular flexibility index (Phi) is 11.0. The Morgan fingerprint density at radius 2 is 1.70 bits per heavy atom. The molecule has 2 atom stereocenters. The standard InChI is InChI=1S/C34H42N2O6S2/c1-6-8-19-34(7-2)23-36(26-17-13-10-14-18-26)27-20-29(43-5)28(21-30(27)44(39,40)24-34)42-22-31(37)35(3)32(33(38)41-4)25-15-11-9-12-16-25/h9-18,20-21,32H,6-8,19,22-24H2,1-5H3/t32-,34?/m0/s1. The molecular weight excluding hydrogens is 597 g/mol. The molecule has 3 aromatic carbocycles. The Hall–Kier alpha value is -3.50. The zero-order valence-corrected chi connectivity index (χ0v) is 27.7. The maximum atomic E-state index is 14.1. The van der Waals surface area contributed by atoms with Gasteiger partial charge in [0.25, 0.3) is 5.91 Å². The number of rotatable bonds is 12. The number of likely N-dealkylation sites (N-methyl/N-ethyl adjacent to an activating group) is 1. The van der Waals surface area contributed by atoms with Gasteiger partial charge in [0.15, 0.2) is 22.5 Å². The number of unbranched alkanes of at least 4 members (excludes halogenated alkanes) is 1. The van der Waals surface area contributed by atoms with Crippen LogP contribution in [0.3, 0.4) is 0 Å². The summed E-state index contributed by atoms with van der Waals surface area (Å²) in [6.45, 7) is 4.39. The summed E-state index contributed by atoms with van der Waals surface area (Å²) in [6.07, 6.45) is 5.35. The third kappa shape index (κ3) is 7.24. The van der Waals surface area contributed by atoms with Crippen LogP contribution in [0.25, 0.3) is 0 Å². The summed E-state index contributed by atoms with van der Waals surface area (Å²) in [5.74, 6) is -0.688. The molecule has 0 bridgehead atoms. The fraction of sp³-hybridized carbons (Fsp3) is 0.412. The zero-order chi connectivity index (χ0) is 31.9. The Bertz CT molecular complexity index is 1550. The van der Waals surface area contributed by atoms with Gasteiger partial charge in [0.05, 0.1) is 28.3 Å². The molecule has 0 aromatic heterocycles. The molecule has 0 N–H and O–H groups in total. The van der Waals surface area contributed by atoms with Gasteiger partial charge in [-0.3, -0.25) is 4.79 Å². The number of benzene rings is 3. The first-order valence-corrected chi connectivity index (χ1v) is 17.8. The molecule has 1 amide bonds. The van der Waals surface area contributed by atoms with Gasteiger partial charge in [-0.1, -0.05) is 75.2 Å². The first kappa shape index (κ1) is 33.4. The van der Waals surface area contributed by atoms with E-state index in [9.17, 15) is 18.0 Å². The van der Waals surface area contributed by atoms with Crippen molar-refractivity contribution in [3.63, 3.8) is 0 Å². The first-order valence-electron chi connectivity index (χ1n) is 14.9. The topological polar surface area (TPSA) is 93.2 Å². The fourth-order valence-corrected chi connectivity index (χ4v) is 8.52. The Labute approximate surface area is 265 Å². The van der Waals surface area contributed by atoms with E-state index in [0.29, 0.717) is 28.4 Å². The van der Waals surface area contributed by atoms with E-state index >= 15 is 0 Å². The quantitative estimate of drug-likeness (QED) is 0.160. The van der Waals surface area contributed by atoms with E-state index in [1.165, 1.54) is 30.8 Å². The molecule has 1 unspecified atom stereocenters. The maximum Gasteiger partial charge on any atom is 0.333 e. The third-order valence-electron chi connectivity index (χ3n) is 8.41. The summed E-state index contributed by atoms with van der Waals surface area (Å²) >= 11 is 1.42. The fourth-order valence-electron chi connectivity index (χ4n) is 5.79. The van der Waals surface area contributed by atoms with Gasteiger partial charge in [-0.25, -0.2) is 13.2 Å². The van der Waals surface area contributed by atoms with E-state index in [0.717, 1.165) is 31.4 Å². The van der Waals surface area contributed by atoms with Gasteiger partial charge in [0, 0.05) is 30.8 Å². The number of anilines is 2. The molecule has 10 heteroatoms. The summed E-state index contributed by atoms with van der Waals surface area (Å²) in [6, 6.07) is 21.3. The van der Waals surface area contributed by atoms with Crippen LogP contribution in [0.1, 0.15) is 51.1 Å². The van der Waals surface area contributed by atoms with Crippen LogP contribution in [-0.2, 0) is 24.2 Å². The van der Waals surface area contributed by atoms with Gasteiger partial charge in [0.2, 0.25) is 0 Å². The number of thioether (sulfide) groups is 1. The number of hydrogen-bond donors (Lipinski definition) is 0. The van der Waals surface area contributed by atoms with Crippen LogP contribution in [0, 0.1) is 5.41 Å². The molecular formula is C34H42N2O6S2. The van der Waals surface area contributed by atoms with E-state index in [1.54, 1.807) is 30.3 Å². The normalized spacial score (nSPS) is 18.1. The van der Waals surface area contributed by atoms with Crippen LogP contribution < -0.4 is 9.64 Å². The van der Waals surface area contributed by atoms with Gasteiger partial charge in [-0.05, 0) is 42.9 Å².